The molecule has 1 aromatic rings. The number of ether oxygens (including phenoxy) is 2. The zero-order valence-corrected chi connectivity index (χ0v) is 21.7. The first-order valence-electron chi connectivity index (χ1n) is 11.9. The molecule has 3 amide bonds. The van der Waals surface area contributed by atoms with Crippen LogP contribution in [-0.4, -0.2) is 60.1 Å². The highest BCUT2D eigenvalue weighted by Gasteiger charge is 2.34. The Balaban J connectivity index is 3.22. The van der Waals surface area contributed by atoms with E-state index < -0.39 is 41.6 Å². The van der Waals surface area contributed by atoms with Gasteiger partial charge >= 0.3 is 12.1 Å². The van der Waals surface area contributed by atoms with Crippen LogP contribution in [0.5, 0.6) is 0 Å². The number of benzene rings is 1. The maximum Gasteiger partial charge on any atom is 0.408 e. The van der Waals surface area contributed by atoms with Crippen molar-refractivity contribution in [1.82, 2.24) is 15.5 Å². The molecule has 35 heavy (non-hydrogen) atoms. The molecule has 2 atom stereocenters. The Morgan fingerprint density at radius 2 is 1.86 bits per heavy atom. The second kappa shape index (κ2) is 14.1. The summed E-state index contributed by atoms with van der Waals surface area (Å²) in [7, 11) is 0. The van der Waals surface area contributed by atoms with Crippen molar-refractivity contribution in [3.63, 3.8) is 0 Å². The molecule has 2 N–H and O–H groups in total. The van der Waals surface area contributed by atoms with E-state index in [-0.39, 0.29) is 26.1 Å². The Hall–Kier alpha value is -3.36. The van der Waals surface area contributed by atoms with E-state index in [0.717, 1.165) is 5.56 Å². The van der Waals surface area contributed by atoms with Crippen LogP contribution in [0.25, 0.3) is 6.08 Å². The van der Waals surface area contributed by atoms with E-state index >= 15 is 0 Å². The highest BCUT2D eigenvalue weighted by molar-refractivity contribution is 5.92. The predicted octanol–water partition coefficient (Wildman–Crippen LogP) is 3.59. The van der Waals surface area contributed by atoms with E-state index in [2.05, 4.69) is 17.2 Å². The quantitative estimate of drug-likeness (QED) is 0.434. The van der Waals surface area contributed by atoms with Gasteiger partial charge in [0, 0.05) is 13.1 Å². The van der Waals surface area contributed by atoms with Crippen molar-refractivity contribution in [2.75, 3.05) is 19.7 Å². The Morgan fingerprint density at radius 3 is 2.43 bits per heavy atom. The minimum absolute atomic E-state index is 0.0112. The summed E-state index contributed by atoms with van der Waals surface area (Å²) in [5.41, 5.74) is 0.653. The van der Waals surface area contributed by atoms with Crippen molar-refractivity contribution in [3.05, 3.63) is 42.0 Å². The third-order valence-electron chi connectivity index (χ3n) is 4.81. The topological polar surface area (TPSA) is 114 Å². The van der Waals surface area contributed by atoms with E-state index in [1.165, 1.54) is 4.90 Å². The van der Waals surface area contributed by atoms with Crippen LogP contribution in [0.3, 0.4) is 0 Å². The zero-order chi connectivity index (χ0) is 26.6. The molecule has 1 aromatic carbocycles. The smallest absolute Gasteiger partial charge is 0.408 e. The van der Waals surface area contributed by atoms with Crippen LogP contribution in [0.4, 0.5) is 4.79 Å². The lowest BCUT2D eigenvalue weighted by molar-refractivity contribution is -0.144. The number of esters is 1. The molecule has 0 heterocycles. The molecule has 1 rings (SSSR count). The van der Waals surface area contributed by atoms with Crippen LogP contribution in [0.1, 0.15) is 71.6 Å². The van der Waals surface area contributed by atoms with Crippen LogP contribution < -0.4 is 10.6 Å². The molecule has 194 valence electrons. The van der Waals surface area contributed by atoms with Gasteiger partial charge in [0.25, 0.3) is 0 Å². The number of nitrogens with one attached hydrogen (secondary N) is 2. The van der Waals surface area contributed by atoms with Gasteiger partial charge in [-0.25, -0.2) is 4.79 Å². The summed E-state index contributed by atoms with van der Waals surface area (Å²) in [6.45, 7) is 14.7. The predicted molar refractivity (Wildman–Crippen MR) is 134 cm³/mol. The fourth-order valence-corrected chi connectivity index (χ4v) is 3.35. The molecule has 0 bridgehead atoms. The monoisotopic (exact) mass is 489 g/mol. The van der Waals surface area contributed by atoms with Gasteiger partial charge in [-0.2, -0.15) is 0 Å². The molecule has 0 saturated carbocycles. The van der Waals surface area contributed by atoms with E-state index in [0.29, 0.717) is 12.0 Å². The molecule has 0 fully saturated rings. The Labute approximate surface area is 208 Å². The van der Waals surface area contributed by atoms with Crippen LogP contribution in [0.2, 0.25) is 0 Å². The highest BCUT2D eigenvalue weighted by atomic mass is 16.6. The standard InChI is InChI=1S/C26H39N3O6/c1-8-16-29(24(32)18(4)28-25(33)35-26(5,6)7)22(20-13-11-12-19(9-2)17-20)23(31)27-15-14-21(30)34-10-3/h9,11-13,17-18,22H,2,8,10,14-16H2,1,3-7H3,(H,27,31)(H,28,33). The fraction of sp³-hybridized carbons (Fsp3) is 0.538. The summed E-state index contributed by atoms with van der Waals surface area (Å²) in [5, 5.41) is 5.29. The molecule has 0 aliphatic heterocycles. The molecule has 0 radical (unpaired) electrons. The van der Waals surface area contributed by atoms with Crippen LogP contribution in [0, 0.1) is 0 Å². The normalized spacial score (nSPS) is 12.6. The molecule has 9 heteroatoms. The van der Waals surface area contributed by atoms with Gasteiger partial charge in [-0.3, -0.25) is 14.4 Å². The average Bonchev–Trinajstić information content (AvgIpc) is 2.77. The van der Waals surface area contributed by atoms with Gasteiger partial charge in [0.1, 0.15) is 17.7 Å². The van der Waals surface area contributed by atoms with Crippen LogP contribution in [0.15, 0.2) is 30.8 Å². The third-order valence-corrected chi connectivity index (χ3v) is 4.81. The fourth-order valence-electron chi connectivity index (χ4n) is 3.35. The van der Waals surface area contributed by atoms with Crippen LogP contribution in [-0.2, 0) is 23.9 Å². The summed E-state index contributed by atoms with van der Waals surface area (Å²) >= 11 is 0. The summed E-state index contributed by atoms with van der Waals surface area (Å²) < 4.78 is 10.2. The van der Waals surface area contributed by atoms with Gasteiger partial charge in [-0.05, 0) is 58.2 Å². The van der Waals surface area contributed by atoms with Crippen molar-refractivity contribution >= 4 is 30.0 Å². The first kappa shape index (κ1) is 29.7. The van der Waals surface area contributed by atoms with E-state index in [9.17, 15) is 19.2 Å². The van der Waals surface area contributed by atoms with Gasteiger partial charge in [-0.1, -0.05) is 37.8 Å². The Morgan fingerprint density at radius 1 is 1.17 bits per heavy atom. The number of nitrogens with zero attached hydrogens (tertiary/aromatic N) is 1. The second-order valence-electron chi connectivity index (χ2n) is 9.02. The molecule has 0 spiro atoms. The van der Waals surface area contributed by atoms with Crippen molar-refractivity contribution in [3.8, 4) is 0 Å². The molecule has 0 aliphatic rings. The first-order chi connectivity index (χ1) is 16.4. The largest absolute Gasteiger partial charge is 0.466 e. The van der Waals surface area contributed by atoms with Crippen molar-refractivity contribution in [2.45, 2.75) is 72.1 Å². The van der Waals surface area contributed by atoms with E-state index in [1.807, 2.05) is 13.0 Å². The molecule has 0 aliphatic carbocycles. The van der Waals surface area contributed by atoms with Gasteiger partial charge in [0.05, 0.1) is 13.0 Å². The van der Waals surface area contributed by atoms with Crippen molar-refractivity contribution in [1.29, 1.82) is 0 Å². The van der Waals surface area contributed by atoms with E-state index in [4.69, 9.17) is 9.47 Å². The Bertz CT molecular complexity index is 893. The lowest BCUT2D eigenvalue weighted by Gasteiger charge is -2.33. The lowest BCUT2D eigenvalue weighted by atomic mass is 10.00. The zero-order valence-electron chi connectivity index (χ0n) is 21.7. The van der Waals surface area contributed by atoms with Gasteiger partial charge in [0.15, 0.2) is 0 Å². The third kappa shape index (κ3) is 10.2. The van der Waals surface area contributed by atoms with Gasteiger partial charge in [0.2, 0.25) is 11.8 Å². The molecule has 9 nitrogen and oxygen atoms in total. The number of hydrogen-bond acceptors (Lipinski definition) is 6. The number of rotatable bonds is 12. The maximum atomic E-state index is 13.5. The number of amides is 3. The number of carbonyl (C=O) groups excluding carboxylic acids is 4. The number of alkyl carbamates (subject to hydrolysis) is 1. The Kier molecular flexibility index (Phi) is 12.0. The average molecular weight is 490 g/mol. The molecule has 2 unspecified atom stereocenters. The second-order valence-corrected chi connectivity index (χ2v) is 9.02. The van der Waals surface area contributed by atoms with Gasteiger partial charge < -0.3 is 25.0 Å². The summed E-state index contributed by atoms with van der Waals surface area (Å²) in [6.07, 6.45) is 1.52. The molecular weight excluding hydrogens is 450 g/mol. The van der Waals surface area contributed by atoms with E-state index in [1.54, 1.807) is 58.9 Å². The van der Waals surface area contributed by atoms with Crippen LogP contribution >= 0.6 is 0 Å². The van der Waals surface area contributed by atoms with Crippen molar-refractivity contribution in [2.24, 2.45) is 0 Å². The first-order valence-corrected chi connectivity index (χ1v) is 11.9. The van der Waals surface area contributed by atoms with Gasteiger partial charge in [-0.15, -0.1) is 0 Å². The maximum absolute atomic E-state index is 13.5. The highest BCUT2D eigenvalue weighted by Crippen LogP contribution is 2.24. The minimum Gasteiger partial charge on any atom is -0.466 e. The summed E-state index contributed by atoms with van der Waals surface area (Å²) in [5.74, 6) is -1.30. The summed E-state index contributed by atoms with van der Waals surface area (Å²) in [6, 6.07) is 5.24. The molecular formula is C26H39N3O6. The number of hydrogen-bond donors (Lipinski definition) is 2. The minimum atomic E-state index is -0.979. The number of carbonyl (C=O) groups is 4. The molecule has 0 aromatic heterocycles. The molecule has 0 saturated heterocycles. The summed E-state index contributed by atoms with van der Waals surface area (Å²) in [4.78, 5) is 52.1. The lowest BCUT2D eigenvalue weighted by Crippen LogP contribution is -2.52. The SMILES string of the molecule is C=Cc1cccc(C(C(=O)NCCC(=O)OCC)N(CCC)C(=O)C(C)NC(=O)OC(C)(C)C)c1. The van der Waals surface area contributed by atoms with Crippen molar-refractivity contribution < 1.29 is 28.7 Å².